The smallest absolute Gasteiger partial charge is 0.261 e. The highest BCUT2D eigenvalue weighted by Crippen LogP contribution is 2.35. The molecule has 1 amide bonds. The van der Waals surface area contributed by atoms with Crippen LogP contribution in [0.5, 0.6) is 5.75 Å². The van der Waals surface area contributed by atoms with Crippen LogP contribution in [0.1, 0.15) is 28.9 Å². The van der Waals surface area contributed by atoms with Crippen molar-refractivity contribution in [2.75, 3.05) is 0 Å². The molecular formula is C17H18N2O2S2. The molecule has 2 aromatic rings. The second-order valence-corrected chi connectivity index (χ2v) is 8.54. The molecule has 2 aliphatic heterocycles. The second kappa shape index (κ2) is 6.19. The van der Waals surface area contributed by atoms with E-state index in [1.807, 2.05) is 24.3 Å². The molecule has 0 radical (unpaired) electrons. The molecule has 2 fully saturated rings. The Bertz CT molecular complexity index is 731. The summed E-state index contributed by atoms with van der Waals surface area (Å²) in [5.74, 6) is 0.283. The molecular weight excluding hydrogens is 328 g/mol. The summed E-state index contributed by atoms with van der Waals surface area (Å²) in [6.45, 7) is 0. The minimum atomic E-state index is 0.0251. The molecule has 3 atom stereocenters. The summed E-state index contributed by atoms with van der Waals surface area (Å²) in [5, 5.41) is 16.2. The third-order valence-electron chi connectivity index (χ3n) is 4.46. The molecule has 0 saturated carbocycles. The van der Waals surface area contributed by atoms with Gasteiger partial charge < -0.3 is 15.7 Å². The van der Waals surface area contributed by atoms with E-state index < -0.39 is 0 Å². The number of thiophene rings is 1. The van der Waals surface area contributed by atoms with Crippen molar-refractivity contribution in [3.8, 4) is 5.75 Å². The summed E-state index contributed by atoms with van der Waals surface area (Å²) in [5.41, 5.74) is 0. The lowest BCUT2D eigenvalue weighted by Gasteiger charge is -2.20. The van der Waals surface area contributed by atoms with Crippen LogP contribution in [0.25, 0.3) is 0 Å². The molecule has 0 unspecified atom stereocenters. The van der Waals surface area contributed by atoms with Gasteiger partial charge in [0, 0.05) is 23.0 Å². The molecule has 1 aromatic carbocycles. The first-order chi connectivity index (χ1) is 11.2. The highest BCUT2D eigenvalue weighted by Gasteiger charge is 2.39. The number of hydrogen-bond donors (Lipinski definition) is 3. The van der Waals surface area contributed by atoms with E-state index in [9.17, 15) is 9.90 Å². The van der Waals surface area contributed by atoms with Crippen molar-refractivity contribution in [1.29, 1.82) is 0 Å². The van der Waals surface area contributed by atoms with Gasteiger partial charge in [-0.15, -0.1) is 11.3 Å². The van der Waals surface area contributed by atoms with Crippen molar-refractivity contribution in [3.63, 3.8) is 0 Å². The Kier molecular flexibility index (Phi) is 4.05. The molecule has 2 saturated heterocycles. The number of phenols is 1. The molecule has 0 aliphatic carbocycles. The second-order valence-electron chi connectivity index (χ2n) is 6.08. The number of rotatable bonds is 4. The standard InChI is InChI=1S/C17H18N2O2S2/c20-11-2-1-3-12(9-11)22-16-7-6-15(23-16)17(21)19-14-8-10-4-5-13(14)18-10/h1-3,6-7,9-10,13-14,18,20H,4-5,8H2,(H,19,21)/t10-,13+,14-/m1/s1. The molecule has 2 aliphatic rings. The van der Waals surface area contributed by atoms with E-state index in [1.165, 1.54) is 24.2 Å². The zero-order valence-corrected chi connectivity index (χ0v) is 14.1. The largest absolute Gasteiger partial charge is 0.508 e. The first kappa shape index (κ1) is 15.1. The summed E-state index contributed by atoms with van der Waals surface area (Å²) in [7, 11) is 0. The highest BCUT2D eigenvalue weighted by molar-refractivity contribution is 8.01. The van der Waals surface area contributed by atoms with Gasteiger partial charge in [0.1, 0.15) is 5.75 Å². The van der Waals surface area contributed by atoms with Crippen molar-refractivity contribution >= 4 is 29.0 Å². The molecule has 0 spiro atoms. The van der Waals surface area contributed by atoms with Crippen LogP contribution < -0.4 is 10.6 Å². The highest BCUT2D eigenvalue weighted by atomic mass is 32.2. The quantitative estimate of drug-likeness (QED) is 0.795. The number of fused-ring (bicyclic) bond motifs is 2. The Morgan fingerprint density at radius 2 is 2.22 bits per heavy atom. The number of carbonyl (C=O) groups is 1. The van der Waals surface area contributed by atoms with E-state index in [1.54, 1.807) is 23.9 Å². The molecule has 1 aromatic heterocycles. The average Bonchev–Trinajstić information content (AvgIpc) is 3.23. The lowest BCUT2D eigenvalue weighted by Crippen LogP contribution is -2.42. The van der Waals surface area contributed by atoms with E-state index in [0.717, 1.165) is 20.4 Å². The van der Waals surface area contributed by atoms with Crippen LogP contribution in [-0.2, 0) is 0 Å². The zero-order valence-electron chi connectivity index (χ0n) is 12.5. The van der Waals surface area contributed by atoms with E-state index in [-0.39, 0.29) is 17.7 Å². The normalized spacial score (nSPS) is 25.7. The van der Waals surface area contributed by atoms with Gasteiger partial charge >= 0.3 is 0 Å². The van der Waals surface area contributed by atoms with Gasteiger partial charge in [-0.1, -0.05) is 17.8 Å². The number of amides is 1. The van der Waals surface area contributed by atoms with Crippen LogP contribution in [0.15, 0.2) is 45.5 Å². The van der Waals surface area contributed by atoms with E-state index in [2.05, 4.69) is 10.6 Å². The molecule has 3 heterocycles. The van der Waals surface area contributed by atoms with Crippen molar-refractivity contribution in [3.05, 3.63) is 41.3 Å². The van der Waals surface area contributed by atoms with Crippen molar-refractivity contribution < 1.29 is 9.90 Å². The fraction of sp³-hybridized carbons (Fsp3) is 0.353. The third-order valence-corrected chi connectivity index (χ3v) is 6.66. The predicted molar refractivity (Wildman–Crippen MR) is 92.4 cm³/mol. The molecule has 4 rings (SSSR count). The Balaban J connectivity index is 1.40. The van der Waals surface area contributed by atoms with Crippen LogP contribution in [0.4, 0.5) is 0 Å². The van der Waals surface area contributed by atoms with Gasteiger partial charge in [-0.3, -0.25) is 4.79 Å². The van der Waals surface area contributed by atoms with Crippen LogP contribution in [0.3, 0.4) is 0 Å². The Labute approximate surface area is 143 Å². The first-order valence-corrected chi connectivity index (χ1v) is 9.44. The molecule has 3 N–H and O–H groups in total. The SMILES string of the molecule is O=C(N[C@@H]1C[C@H]2CC[C@@H]1N2)c1ccc(Sc2cccc(O)c2)s1. The summed E-state index contributed by atoms with van der Waals surface area (Å²) < 4.78 is 1.05. The van der Waals surface area contributed by atoms with Crippen LogP contribution >= 0.6 is 23.1 Å². The Morgan fingerprint density at radius 1 is 1.30 bits per heavy atom. The maximum atomic E-state index is 12.4. The topological polar surface area (TPSA) is 61.4 Å². The summed E-state index contributed by atoms with van der Waals surface area (Å²) >= 11 is 3.05. The predicted octanol–water partition coefficient (Wildman–Crippen LogP) is 3.23. The minimum Gasteiger partial charge on any atom is -0.508 e. The lowest BCUT2D eigenvalue weighted by molar-refractivity contribution is 0.0935. The maximum absolute atomic E-state index is 12.4. The van der Waals surface area contributed by atoms with Gasteiger partial charge in [-0.05, 0) is 49.6 Å². The lowest BCUT2D eigenvalue weighted by atomic mass is 9.95. The summed E-state index contributed by atoms with van der Waals surface area (Å²) in [6, 6.07) is 12.3. The van der Waals surface area contributed by atoms with Crippen molar-refractivity contribution in [2.45, 2.75) is 46.5 Å². The molecule has 6 heteroatoms. The van der Waals surface area contributed by atoms with E-state index >= 15 is 0 Å². The molecule has 120 valence electrons. The van der Waals surface area contributed by atoms with Crippen LogP contribution in [0.2, 0.25) is 0 Å². The van der Waals surface area contributed by atoms with Crippen LogP contribution in [-0.4, -0.2) is 29.1 Å². The van der Waals surface area contributed by atoms with Gasteiger partial charge in [-0.25, -0.2) is 0 Å². The average molecular weight is 346 g/mol. The minimum absolute atomic E-state index is 0.0251. The van der Waals surface area contributed by atoms with Gasteiger partial charge in [0.2, 0.25) is 0 Å². The zero-order chi connectivity index (χ0) is 15.8. The Hall–Kier alpha value is -1.50. The van der Waals surface area contributed by atoms with E-state index in [0.29, 0.717) is 12.1 Å². The molecule has 2 bridgehead atoms. The number of aromatic hydroxyl groups is 1. The number of hydrogen-bond acceptors (Lipinski definition) is 5. The first-order valence-electron chi connectivity index (χ1n) is 7.81. The van der Waals surface area contributed by atoms with Gasteiger partial charge in [0.25, 0.3) is 5.91 Å². The Morgan fingerprint density at radius 3 is 2.96 bits per heavy atom. The van der Waals surface area contributed by atoms with Crippen molar-refractivity contribution in [1.82, 2.24) is 10.6 Å². The number of benzene rings is 1. The fourth-order valence-electron chi connectivity index (χ4n) is 3.38. The van der Waals surface area contributed by atoms with Gasteiger partial charge in [0.05, 0.1) is 9.09 Å². The van der Waals surface area contributed by atoms with Gasteiger partial charge in [-0.2, -0.15) is 0 Å². The van der Waals surface area contributed by atoms with Gasteiger partial charge in [0.15, 0.2) is 0 Å². The number of phenolic OH excluding ortho intramolecular Hbond substituents is 1. The monoisotopic (exact) mass is 346 g/mol. The number of nitrogens with one attached hydrogen (secondary N) is 2. The summed E-state index contributed by atoms with van der Waals surface area (Å²) in [4.78, 5) is 14.1. The van der Waals surface area contributed by atoms with E-state index in [4.69, 9.17) is 0 Å². The van der Waals surface area contributed by atoms with Crippen LogP contribution in [0, 0.1) is 0 Å². The number of carbonyl (C=O) groups excluding carboxylic acids is 1. The molecule has 4 nitrogen and oxygen atoms in total. The fourth-order valence-corrected chi connectivity index (χ4v) is 5.44. The maximum Gasteiger partial charge on any atom is 0.261 e. The molecule has 23 heavy (non-hydrogen) atoms. The summed E-state index contributed by atoms with van der Waals surface area (Å²) in [6.07, 6.45) is 3.45. The van der Waals surface area contributed by atoms with Crippen molar-refractivity contribution in [2.24, 2.45) is 0 Å². The third kappa shape index (κ3) is 3.24.